The number of methoxy groups -OCH3 is 1. The summed E-state index contributed by atoms with van der Waals surface area (Å²) in [5.41, 5.74) is 2.79. The summed E-state index contributed by atoms with van der Waals surface area (Å²) >= 11 is 0. The maximum absolute atomic E-state index is 11.6. The molecule has 1 atom stereocenters. The van der Waals surface area contributed by atoms with Crippen LogP contribution in [0.4, 0.5) is 4.79 Å². The van der Waals surface area contributed by atoms with Gasteiger partial charge in [0.05, 0.1) is 12.8 Å². The van der Waals surface area contributed by atoms with Gasteiger partial charge in [0.15, 0.2) is 0 Å². The quantitative estimate of drug-likeness (QED) is 0.570. The maximum Gasteiger partial charge on any atom is 0.407 e. The molecule has 2 amide bonds. The van der Waals surface area contributed by atoms with E-state index < -0.39 is 18.0 Å². The summed E-state index contributed by atoms with van der Waals surface area (Å²) in [6, 6.07) is 7.49. The summed E-state index contributed by atoms with van der Waals surface area (Å²) in [4.78, 5) is 22.9. The van der Waals surface area contributed by atoms with E-state index in [0.29, 0.717) is 5.56 Å². The van der Waals surface area contributed by atoms with E-state index in [9.17, 15) is 9.59 Å². The van der Waals surface area contributed by atoms with Gasteiger partial charge in [-0.05, 0) is 23.8 Å². The fourth-order valence-corrected chi connectivity index (χ4v) is 1.78. The van der Waals surface area contributed by atoms with Crippen molar-refractivity contribution >= 4 is 12.0 Å². The third-order valence-electron chi connectivity index (χ3n) is 2.82. The Morgan fingerprint density at radius 2 is 2.05 bits per heavy atom. The van der Waals surface area contributed by atoms with Crippen LogP contribution in [-0.4, -0.2) is 34.1 Å². The van der Waals surface area contributed by atoms with Crippen LogP contribution in [0.25, 0.3) is 5.69 Å². The summed E-state index contributed by atoms with van der Waals surface area (Å²) in [5.74, 6) is -0.771. The number of aromatic nitrogens is 2. The Labute approximate surface area is 120 Å². The highest BCUT2D eigenvalue weighted by Gasteiger charge is 2.22. The Kier molecular flexibility index (Phi) is 4.52. The minimum atomic E-state index is -1.06. The number of hydroxylamine groups is 1. The number of alkyl carbamates (subject to hydrolysis) is 1. The first-order valence-electron chi connectivity index (χ1n) is 6.04. The van der Waals surface area contributed by atoms with Crippen LogP contribution in [0.1, 0.15) is 11.6 Å². The van der Waals surface area contributed by atoms with Crippen LogP contribution in [-0.2, 0) is 9.53 Å². The molecule has 1 heterocycles. The Bertz CT molecular complexity index is 610. The van der Waals surface area contributed by atoms with Crippen molar-refractivity contribution in [1.29, 1.82) is 0 Å². The molecular formula is C13H14N4O4. The van der Waals surface area contributed by atoms with Crippen LogP contribution in [0.5, 0.6) is 0 Å². The van der Waals surface area contributed by atoms with Gasteiger partial charge >= 0.3 is 6.09 Å². The van der Waals surface area contributed by atoms with Crippen molar-refractivity contribution in [1.82, 2.24) is 20.6 Å². The number of rotatable bonds is 4. The van der Waals surface area contributed by atoms with E-state index in [2.05, 4.69) is 15.2 Å². The van der Waals surface area contributed by atoms with E-state index in [1.165, 1.54) is 12.6 Å². The van der Waals surface area contributed by atoms with Gasteiger partial charge in [-0.3, -0.25) is 10.0 Å². The van der Waals surface area contributed by atoms with Gasteiger partial charge in [-0.15, -0.1) is 0 Å². The molecular weight excluding hydrogens is 276 g/mol. The molecule has 1 aromatic heterocycles. The lowest BCUT2D eigenvalue weighted by Crippen LogP contribution is -2.39. The average molecular weight is 290 g/mol. The fraction of sp³-hybridized carbons (Fsp3) is 0.154. The highest BCUT2D eigenvalue weighted by Crippen LogP contribution is 2.16. The van der Waals surface area contributed by atoms with Crippen molar-refractivity contribution in [3.8, 4) is 5.69 Å². The molecule has 8 heteroatoms. The van der Waals surface area contributed by atoms with Crippen LogP contribution < -0.4 is 10.8 Å². The number of nitrogens with zero attached hydrogens (tertiary/aromatic N) is 2. The molecule has 2 rings (SSSR count). The van der Waals surface area contributed by atoms with E-state index in [1.54, 1.807) is 47.4 Å². The van der Waals surface area contributed by atoms with E-state index in [4.69, 9.17) is 5.21 Å². The predicted molar refractivity (Wildman–Crippen MR) is 71.8 cm³/mol. The zero-order chi connectivity index (χ0) is 15.2. The van der Waals surface area contributed by atoms with Crippen LogP contribution in [0.15, 0.2) is 42.7 Å². The van der Waals surface area contributed by atoms with Gasteiger partial charge in [-0.2, -0.15) is 5.10 Å². The second-order valence-corrected chi connectivity index (χ2v) is 4.09. The molecule has 0 aliphatic carbocycles. The Balaban J connectivity index is 2.24. The average Bonchev–Trinajstić information content (AvgIpc) is 3.06. The Morgan fingerprint density at radius 3 is 2.57 bits per heavy atom. The third-order valence-corrected chi connectivity index (χ3v) is 2.82. The number of benzene rings is 1. The lowest BCUT2D eigenvalue weighted by atomic mass is 10.1. The topological polar surface area (TPSA) is 105 Å². The molecule has 0 aliphatic heterocycles. The molecule has 2 aromatic rings. The van der Waals surface area contributed by atoms with E-state index >= 15 is 0 Å². The van der Waals surface area contributed by atoms with Gasteiger partial charge < -0.3 is 10.1 Å². The largest absolute Gasteiger partial charge is 0.453 e. The molecule has 8 nitrogen and oxygen atoms in total. The van der Waals surface area contributed by atoms with E-state index in [-0.39, 0.29) is 0 Å². The number of nitrogens with one attached hydrogen (secondary N) is 2. The Morgan fingerprint density at radius 1 is 1.33 bits per heavy atom. The van der Waals surface area contributed by atoms with Crippen LogP contribution in [0.2, 0.25) is 0 Å². The molecule has 1 aromatic carbocycles. The van der Waals surface area contributed by atoms with Crippen LogP contribution >= 0.6 is 0 Å². The molecule has 0 bridgehead atoms. The van der Waals surface area contributed by atoms with E-state index in [1.807, 2.05) is 0 Å². The highest BCUT2D eigenvalue weighted by atomic mass is 16.5. The number of ether oxygens (including phenoxy) is 1. The fourth-order valence-electron chi connectivity index (χ4n) is 1.78. The molecule has 0 fully saturated rings. The zero-order valence-electron chi connectivity index (χ0n) is 11.2. The smallest absolute Gasteiger partial charge is 0.407 e. The van der Waals surface area contributed by atoms with Crippen molar-refractivity contribution in [2.24, 2.45) is 0 Å². The molecule has 3 N–H and O–H groups in total. The molecule has 0 unspecified atom stereocenters. The first kappa shape index (κ1) is 14.5. The lowest BCUT2D eigenvalue weighted by molar-refractivity contribution is -0.131. The van der Waals surface area contributed by atoms with Crippen molar-refractivity contribution in [3.05, 3.63) is 48.3 Å². The van der Waals surface area contributed by atoms with Gasteiger partial charge in [-0.25, -0.2) is 15.0 Å². The molecule has 0 aliphatic rings. The minimum Gasteiger partial charge on any atom is -0.453 e. The van der Waals surface area contributed by atoms with E-state index in [0.717, 1.165) is 5.69 Å². The van der Waals surface area contributed by atoms with Gasteiger partial charge in [0.1, 0.15) is 6.04 Å². The molecule has 0 saturated carbocycles. The minimum absolute atomic E-state index is 0.489. The highest BCUT2D eigenvalue weighted by molar-refractivity contribution is 5.86. The number of amides is 2. The normalized spacial score (nSPS) is 11.5. The summed E-state index contributed by atoms with van der Waals surface area (Å²) < 4.78 is 6.11. The number of hydrogen-bond donors (Lipinski definition) is 3. The summed E-state index contributed by atoms with van der Waals surface area (Å²) in [6.45, 7) is 0. The van der Waals surface area contributed by atoms with Crippen molar-refractivity contribution < 1.29 is 19.5 Å². The molecule has 21 heavy (non-hydrogen) atoms. The third kappa shape index (κ3) is 3.37. The summed E-state index contributed by atoms with van der Waals surface area (Å²) in [6.07, 6.45) is 2.65. The predicted octanol–water partition coefficient (Wildman–Crippen LogP) is 0.775. The monoisotopic (exact) mass is 290 g/mol. The van der Waals surface area contributed by atoms with Gasteiger partial charge in [0.2, 0.25) is 0 Å². The van der Waals surface area contributed by atoms with Crippen molar-refractivity contribution in [2.45, 2.75) is 6.04 Å². The van der Waals surface area contributed by atoms with Crippen LogP contribution in [0.3, 0.4) is 0 Å². The zero-order valence-corrected chi connectivity index (χ0v) is 11.2. The number of carbonyl (C=O) groups excluding carboxylic acids is 2. The molecule has 110 valence electrons. The van der Waals surface area contributed by atoms with Crippen molar-refractivity contribution in [3.63, 3.8) is 0 Å². The SMILES string of the molecule is COC(=O)N[C@H](C(=O)NO)c1ccc(-n2cccn2)cc1. The first-order valence-corrected chi connectivity index (χ1v) is 6.04. The second kappa shape index (κ2) is 6.53. The lowest BCUT2D eigenvalue weighted by Gasteiger charge is -2.16. The molecule has 0 radical (unpaired) electrons. The van der Waals surface area contributed by atoms with Gasteiger partial charge in [0.25, 0.3) is 5.91 Å². The summed E-state index contributed by atoms with van der Waals surface area (Å²) in [5, 5.41) is 15.2. The Hall–Kier alpha value is -2.87. The molecule has 0 spiro atoms. The molecule has 0 saturated heterocycles. The second-order valence-electron chi connectivity index (χ2n) is 4.09. The number of carbonyl (C=O) groups is 2. The van der Waals surface area contributed by atoms with Crippen LogP contribution in [0, 0.1) is 0 Å². The van der Waals surface area contributed by atoms with Gasteiger partial charge in [0, 0.05) is 12.4 Å². The number of hydrogen-bond acceptors (Lipinski definition) is 5. The standard InChI is InChI=1S/C13H14N4O4/c1-21-13(19)15-11(12(18)16-20)9-3-5-10(6-4-9)17-8-2-7-14-17/h2-8,11,20H,1H3,(H,15,19)(H,16,18)/t11-/m0/s1. The summed E-state index contributed by atoms with van der Waals surface area (Å²) in [7, 11) is 1.18. The van der Waals surface area contributed by atoms with Crippen molar-refractivity contribution in [2.75, 3.05) is 7.11 Å². The van der Waals surface area contributed by atoms with Gasteiger partial charge in [-0.1, -0.05) is 12.1 Å². The first-order chi connectivity index (χ1) is 10.2. The maximum atomic E-state index is 11.6.